The summed E-state index contributed by atoms with van der Waals surface area (Å²) in [6.07, 6.45) is 1.59. The highest BCUT2D eigenvalue weighted by Crippen LogP contribution is 2.39. The van der Waals surface area contributed by atoms with Crippen molar-refractivity contribution in [3.63, 3.8) is 0 Å². The smallest absolute Gasteiger partial charge is 0.413 e. The van der Waals surface area contributed by atoms with Gasteiger partial charge in [0.25, 0.3) is 0 Å². The Morgan fingerprint density at radius 1 is 1.44 bits per heavy atom. The predicted octanol–water partition coefficient (Wildman–Crippen LogP) is 1.41. The van der Waals surface area contributed by atoms with Gasteiger partial charge in [-0.3, -0.25) is 4.90 Å². The minimum atomic E-state index is -1.24. The summed E-state index contributed by atoms with van der Waals surface area (Å²) >= 11 is 0. The molecule has 2 saturated heterocycles. The summed E-state index contributed by atoms with van der Waals surface area (Å²) in [4.78, 5) is 15.9. The van der Waals surface area contributed by atoms with Crippen LogP contribution in [0.15, 0.2) is 0 Å². The minimum absolute atomic E-state index is 0.0444. The second kappa shape index (κ2) is 4.38. The molecule has 1 N–H and O–H groups in total. The second-order valence-electron chi connectivity index (χ2n) is 5.96. The molecule has 0 saturated carbocycles. The maximum absolute atomic E-state index is 12.0. The third kappa shape index (κ3) is 1.99. The zero-order chi connectivity index (χ0) is 13.6. The van der Waals surface area contributed by atoms with Crippen LogP contribution in [-0.2, 0) is 4.74 Å². The molecule has 2 atom stereocenters. The van der Waals surface area contributed by atoms with Gasteiger partial charge in [0, 0.05) is 6.54 Å². The first-order valence-corrected chi connectivity index (χ1v) is 6.76. The van der Waals surface area contributed by atoms with Crippen LogP contribution in [0.25, 0.3) is 0 Å². The van der Waals surface area contributed by atoms with Crippen LogP contribution in [0.3, 0.4) is 0 Å². The standard InChI is InChI=1S/C13H24N2O3/c1-5-14-8-6-7-10(9-14)15-11(16)18-12(2,3)13(15,4)17/h10,17H,5-9H2,1-4H3/t10-,13-/m0/s1. The van der Waals surface area contributed by atoms with E-state index in [9.17, 15) is 9.90 Å². The summed E-state index contributed by atoms with van der Waals surface area (Å²) in [5, 5.41) is 10.6. The Kier molecular flexibility index (Phi) is 3.32. The molecular formula is C13H24N2O3. The Morgan fingerprint density at radius 2 is 2.11 bits per heavy atom. The van der Waals surface area contributed by atoms with Gasteiger partial charge in [-0.15, -0.1) is 0 Å². The third-order valence-corrected chi connectivity index (χ3v) is 4.44. The molecule has 0 spiro atoms. The van der Waals surface area contributed by atoms with Crippen LogP contribution in [0.5, 0.6) is 0 Å². The van der Waals surface area contributed by atoms with Gasteiger partial charge < -0.3 is 14.7 Å². The van der Waals surface area contributed by atoms with Crippen molar-refractivity contribution >= 4 is 6.09 Å². The van der Waals surface area contributed by atoms with Gasteiger partial charge in [0.05, 0.1) is 6.04 Å². The Labute approximate surface area is 109 Å². The number of likely N-dealkylation sites (N-methyl/N-ethyl adjacent to an activating group) is 1. The molecule has 0 aromatic heterocycles. The fraction of sp³-hybridized carbons (Fsp3) is 0.923. The lowest BCUT2D eigenvalue weighted by atomic mass is 9.93. The van der Waals surface area contributed by atoms with E-state index < -0.39 is 17.4 Å². The van der Waals surface area contributed by atoms with Gasteiger partial charge in [0.15, 0.2) is 11.3 Å². The number of likely N-dealkylation sites (tertiary alicyclic amines) is 1. The molecule has 0 aliphatic carbocycles. The van der Waals surface area contributed by atoms with Crippen LogP contribution < -0.4 is 0 Å². The van der Waals surface area contributed by atoms with Gasteiger partial charge in [-0.1, -0.05) is 6.92 Å². The molecule has 1 amide bonds. The molecule has 2 aliphatic rings. The second-order valence-corrected chi connectivity index (χ2v) is 5.96. The monoisotopic (exact) mass is 256 g/mol. The Balaban J connectivity index is 2.19. The van der Waals surface area contributed by atoms with Gasteiger partial charge in [0.1, 0.15) is 0 Å². The molecule has 2 aliphatic heterocycles. The van der Waals surface area contributed by atoms with Gasteiger partial charge in [0.2, 0.25) is 0 Å². The summed E-state index contributed by atoms with van der Waals surface area (Å²) in [7, 11) is 0. The maximum Gasteiger partial charge on any atom is 0.413 e. The molecule has 2 rings (SSSR count). The number of carbonyl (C=O) groups is 1. The molecule has 0 radical (unpaired) electrons. The van der Waals surface area contributed by atoms with Crippen LogP contribution in [0, 0.1) is 0 Å². The predicted molar refractivity (Wildman–Crippen MR) is 68.2 cm³/mol. The lowest BCUT2D eigenvalue weighted by Crippen LogP contribution is -2.60. The molecule has 0 bridgehead atoms. The Hall–Kier alpha value is -0.810. The first-order valence-electron chi connectivity index (χ1n) is 6.76. The SMILES string of the molecule is CCN1CCC[C@H](N2C(=O)OC(C)(C)[C@]2(C)O)C1. The average molecular weight is 256 g/mol. The lowest BCUT2D eigenvalue weighted by molar-refractivity contribution is -0.141. The number of hydrogen-bond acceptors (Lipinski definition) is 4. The normalized spacial score (nSPS) is 36.8. The number of hydrogen-bond donors (Lipinski definition) is 1. The summed E-state index contributed by atoms with van der Waals surface area (Å²) in [5.74, 6) is 0. The Morgan fingerprint density at radius 3 is 2.61 bits per heavy atom. The summed E-state index contributed by atoms with van der Waals surface area (Å²) in [6.45, 7) is 10.2. The van der Waals surface area contributed by atoms with Gasteiger partial charge >= 0.3 is 6.09 Å². The molecular weight excluding hydrogens is 232 g/mol. The van der Waals surface area contributed by atoms with Crippen molar-refractivity contribution in [3.05, 3.63) is 0 Å². The highest BCUT2D eigenvalue weighted by molar-refractivity contribution is 5.72. The van der Waals surface area contributed by atoms with E-state index in [1.807, 2.05) is 0 Å². The molecule has 0 aromatic carbocycles. The number of carbonyl (C=O) groups excluding carboxylic acids is 1. The first-order chi connectivity index (χ1) is 8.29. The number of rotatable bonds is 2. The van der Waals surface area contributed by atoms with E-state index >= 15 is 0 Å². The zero-order valence-corrected chi connectivity index (χ0v) is 11.8. The summed E-state index contributed by atoms with van der Waals surface area (Å²) in [6, 6.07) is 0.0444. The average Bonchev–Trinajstić information content (AvgIpc) is 2.43. The maximum atomic E-state index is 12.0. The number of amides is 1. The number of ether oxygens (including phenoxy) is 1. The lowest BCUT2D eigenvalue weighted by Gasteiger charge is -2.42. The van der Waals surface area contributed by atoms with Crippen molar-refractivity contribution in [2.24, 2.45) is 0 Å². The van der Waals surface area contributed by atoms with Gasteiger partial charge in [-0.05, 0) is 46.7 Å². The molecule has 18 heavy (non-hydrogen) atoms. The molecule has 0 unspecified atom stereocenters. The van der Waals surface area contributed by atoms with E-state index in [1.165, 1.54) is 4.90 Å². The number of piperidine rings is 1. The van der Waals surface area contributed by atoms with E-state index in [2.05, 4.69) is 11.8 Å². The van der Waals surface area contributed by atoms with Gasteiger partial charge in [-0.25, -0.2) is 4.79 Å². The fourth-order valence-corrected chi connectivity index (χ4v) is 2.87. The van der Waals surface area contributed by atoms with E-state index in [1.54, 1.807) is 20.8 Å². The zero-order valence-electron chi connectivity index (χ0n) is 11.8. The van der Waals surface area contributed by atoms with Crippen LogP contribution in [0.4, 0.5) is 4.79 Å². The van der Waals surface area contributed by atoms with Crippen molar-refractivity contribution in [1.82, 2.24) is 9.80 Å². The summed E-state index contributed by atoms with van der Waals surface area (Å²) < 4.78 is 5.32. The molecule has 0 aromatic rings. The fourth-order valence-electron chi connectivity index (χ4n) is 2.87. The topological polar surface area (TPSA) is 53.0 Å². The minimum Gasteiger partial charge on any atom is -0.438 e. The van der Waals surface area contributed by atoms with Gasteiger partial charge in [-0.2, -0.15) is 0 Å². The van der Waals surface area contributed by atoms with E-state index in [-0.39, 0.29) is 6.04 Å². The van der Waals surface area contributed by atoms with Crippen LogP contribution in [-0.4, -0.2) is 58.0 Å². The van der Waals surface area contributed by atoms with E-state index in [0.29, 0.717) is 0 Å². The number of cyclic esters (lactones) is 1. The van der Waals surface area contributed by atoms with Crippen LogP contribution >= 0.6 is 0 Å². The molecule has 2 fully saturated rings. The van der Waals surface area contributed by atoms with Crippen molar-refractivity contribution < 1.29 is 14.6 Å². The first kappa shape index (κ1) is 13.6. The quantitative estimate of drug-likeness (QED) is 0.811. The van der Waals surface area contributed by atoms with Crippen molar-refractivity contribution in [2.75, 3.05) is 19.6 Å². The molecule has 104 valence electrons. The number of aliphatic hydroxyl groups is 1. The highest BCUT2D eigenvalue weighted by atomic mass is 16.6. The molecule has 5 nitrogen and oxygen atoms in total. The van der Waals surface area contributed by atoms with Crippen LogP contribution in [0.2, 0.25) is 0 Å². The molecule has 2 heterocycles. The van der Waals surface area contributed by atoms with Crippen molar-refractivity contribution in [1.29, 1.82) is 0 Å². The third-order valence-electron chi connectivity index (χ3n) is 4.44. The van der Waals surface area contributed by atoms with Crippen molar-refractivity contribution in [2.45, 2.75) is 57.9 Å². The van der Waals surface area contributed by atoms with E-state index in [4.69, 9.17) is 4.74 Å². The highest BCUT2D eigenvalue weighted by Gasteiger charge is 2.58. The summed E-state index contributed by atoms with van der Waals surface area (Å²) in [5.41, 5.74) is -2.11. The molecule has 5 heteroatoms. The number of nitrogens with zero attached hydrogens (tertiary/aromatic N) is 2. The largest absolute Gasteiger partial charge is 0.438 e. The van der Waals surface area contributed by atoms with Crippen LogP contribution in [0.1, 0.15) is 40.5 Å². The Bertz CT molecular complexity index is 341. The van der Waals surface area contributed by atoms with Crippen molar-refractivity contribution in [3.8, 4) is 0 Å². The van der Waals surface area contributed by atoms with E-state index in [0.717, 1.165) is 32.5 Å².